The van der Waals surface area contributed by atoms with E-state index in [1.54, 1.807) is 35.6 Å². The summed E-state index contributed by atoms with van der Waals surface area (Å²) in [6, 6.07) is 16.7. The maximum Gasteiger partial charge on any atom is 0.319 e. The summed E-state index contributed by atoms with van der Waals surface area (Å²) in [7, 11) is 0. The highest BCUT2D eigenvalue weighted by Crippen LogP contribution is 2.27. The molecule has 24 heavy (non-hydrogen) atoms. The van der Waals surface area contributed by atoms with Gasteiger partial charge in [-0.3, -0.25) is 0 Å². The average molecular weight is 358 g/mol. The zero-order valence-corrected chi connectivity index (χ0v) is 14.6. The summed E-state index contributed by atoms with van der Waals surface area (Å²) < 4.78 is 0. The number of urea groups is 1. The van der Waals surface area contributed by atoms with Crippen LogP contribution in [-0.2, 0) is 6.54 Å². The van der Waals surface area contributed by atoms with E-state index in [0.717, 1.165) is 21.1 Å². The summed E-state index contributed by atoms with van der Waals surface area (Å²) in [6.45, 7) is 2.40. The molecule has 0 spiro atoms. The lowest BCUT2D eigenvalue weighted by molar-refractivity contribution is 0.252. The molecule has 2 amide bonds. The average Bonchev–Trinajstić information content (AvgIpc) is 2.97. The van der Waals surface area contributed by atoms with Gasteiger partial charge in [0.05, 0.1) is 12.2 Å². The SMILES string of the molecule is Cc1nc(-c2ccccc2)sc1CNC(=O)Nc1ccc(Cl)cc1. The third kappa shape index (κ3) is 4.13. The Hall–Kier alpha value is -2.37. The summed E-state index contributed by atoms with van der Waals surface area (Å²) in [6.07, 6.45) is 0. The van der Waals surface area contributed by atoms with Crippen molar-refractivity contribution in [1.29, 1.82) is 0 Å². The van der Waals surface area contributed by atoms with Crippen LogP contribution in [0.25, 0.3) is 10.6 Å². The van der Waals surface area contributed by atoms with Crippen molar-refractivity contribution < 1.29 is 4.79 Å². The number of anilines is 1. The molecule has 0 aliphatic rings. The van der Waals surface area contributed by atoms with E-state index in [1.165, 1.54) is 0 Å². The van der Waals surface area contributed by atoms with Gasteiger partial charge >= 0.3 is 6.03 Å². The Kier molecular flexibility index (Phi) is 5.13. The number of carbonyl (C=O) groups excluding carboxylic acids is 1. The number of nitrogens with zero attached hydrogens (tertiary/aromatic N) is 1. The molecular formula is C18H16ClN3OS. The summed E-state index contributed by atoms with van der Waals surface area (Å²) in [5, 5.41) is 7.22. The number of aromatic nitrogens is 1. The van der Waals surface area contributed by atoms with Gasteiger partial charge in [-0.05, 0) is 31.2 Å². The van der Waals surface area contributed by atoms with Crippen LogP contribution >= 0.6 is 22.9 Å². The van der Waals surface area contributed by atoms with E-state index >= 15 is 0 Å². The molecule has 1 aromatic heterocycles. The molecule has 0 radical (unpaired) electrons. The Balaban J connectivity index is 1.61. The first-order chi connectivity index (χ1) is 11.6. The molecule has 0 aliphatic heterocycles. The molecule has 122 valence electrons. The van der Waals surface area contributed by atoms with Gasteiger partial charge in [0.25, 0.3) is 0 Å². The predicted octanol–water partition coefficient (Wildman–Crippen LogP) is 5.09. The Morgan fingerprint density at radius 2 is 1.83 bits per heavy atom. The van der Waals surface area contributed by atoms with Gasteiger partial charge in [-0.15, -0.1) is 11.3 Å². The van der Waals surface area contributed by atoms with Crippen molar-refractivity contribution in [3.63, 3.8) is 0 Å². The van der Waals surface area contributed by atoms with Crippen molar-refractivity contribution in [1.82, 2.24) is 10.3 Å². The minimum absolute atomic E-state index is 0.258. The van der Waals surface area contributed by atoms with Crippen LogP contribution in [0.3, 0.4) is 0 Å². The van der Waals surface area contributed by atoms with Gasteiger partial charge in [0, 0.05) is 21.2 Å². The molecular weight excluding hydrogens is 342 g/mol. The molecule has 0 atom stereocenters. The second kappa shape index (κ2) is 7.47. The number of amides is 2. The third-order valence-electron chi connectivity index (χ3n) is 3.42. The molecule has 0 bridgehead atoms. The number of benzene rings is 2. The number of aryl methyl sites for hydroxylation is 1. The normalized spacial score (nSPS) is 10.4. The molecule has 6 heteroatoms. The Labute approximate surface area is 149 Å². The van der Waals surface area contributed by atoms with Crippen LogP contribution in [-0.4, -0.2) is 11.0 Å². The van der Waals surface area contributed by atoms with Gasteiger partial charge in [-0.2, -0.15) is 0 Å². The largest absolute Gasteiger partial charge is 0.333 e. The fourth-order valence-corrected chi connectivity index (χ4v) is 3.30. The number of halogens is 1. The molecule has 0 fully saturated rings. The van der Waals surface area contributed by atoms with E-state index < -0.39 is 0 Å². The van der Waals surface area contributed by atoms with Crippen molar-refractivity contribution in [2.45, 2.75) is 13.5 Å². The Morgan fingerprint density at radius 1 is 1.12 bits per heavy atom. The van der Waals surface area contributed by atoms with Gasteiger partial charge in [0.15, 0.2) is 0 Å². The fourth-order valence-electron chi connectivity index (χ4n) is 2.17. The quantitative estimate of drug-likeness (QED) is 0.683. The molecule has 1 heterocycles. The lowest BCUT2D eigenvalue weighted by Crippen LogP contribution is -2.28. The third-order valence-corrected chi connectivity index (χ3v) is 4.88. The zero-order chi connectivity index (χ0) is 16.9. The standard InChI is InChI=1S/C18H16ClN3OS/c1-12-16(24-17(21-12)13-5-3-2-4-6-13)11-20-18(23)22-15-9-7-14(19)8-10-15/h2-10H,11H2,1H3,(H2,20,22,23). The number of hydrogen-bond acceptors (Lipinski definition) is 3. The summed E-state index contributed by atoms with van der Waals surface area (Å²) >= 11 is 7.42. The van der Waals surface area contributed by atoms with E-state index in [1.807, 2.05) is 37.3 Å². The van der Waals surface area contributed by atoms with Crippen molar-refractivity contribution in [3.8, 4) is 10.6 Å². The molecule has 0 unspecified atom stereocenters. The second-order valence-corrected chi connectivity index (χ2v) is 6.73. The summed E-state index contributed by atoms with van der Waals surface area (Å²) in [5.41, 5.74) is 2.72. The molecule has 4 nitrogen and oxygen atoms in total. The highest BCUT2D eigenvalue weighted by molar-refractivity contribution is 7.15. The fraction of sp³-hybridized carbons (Fsp3) is 0.111. The van der Waals surface area contributed by atoms with Crippen LogP contribution in [0.15, 0.2) is 54.6 Å². The molecule has 3 aromatic rings. The minimum atomic E-state index is -0.258. The van der Waals surface area contributed by atoms with E-state index in [2.05, 4.69) is 15.6 Å². The van der Waals surface area contributed by atoms with Crippen LogP contribution in [0.4, 0.5) is 10.5 Å². The number of nitrogens with one attached hydrogen (secondary N) is 2. The number of rotatable bonds is 4. The first kappa shape index (κ1) is 16.5. The predicted molar refractivity (Wildman–Crippen MR) is 99.6 cm³/mol. The zero-order valence-electron chi connectivity index (χ0n) is 13.0. The maximum absolute atomic E-state index is 12.0. The van der Waals surface area contributed by atoms with E-state index in [-0.39, 0.29) is 6.03 Å². The number of hydrogen-bond donors (Lipinski definition) is 2. The summed E-state index contributed by atoms with van der Waals surface area (Å²) in [4.78, 5) is 17.6. The number of thiazole rings is 1. The van der Waals surface area contributed by atoms with Crippen molar-refractivity contribution in [2.24, 2.45) is 0 Å². The van der Waals surface area contributed by atoms with E-state index in [4.69, 9.17) is 11.6 Å². The molecule has 0 saturated carbocycles. The van der Waals surface area contributed by atoms with Crippen molar-refractivity contribution >= 4 is 34.7 Å². The van der Waals surface area contributed by atoms with Gasteiger partial charge in [-0.25, -0.2) is 9.78 Å². The van der Waals surface area contributed by atoms with Crippen LogP contribution in [0.1, 0.15) is 10.6 Å². The topological polar surface area (TPSA) is 54.0 Å². The van der Waals surface area contributed by atoms with Crippen LogP contribution < -0.4 is 10.6 Å². The molecule has 2 aromatic carbocycles. The van der Waals surface area contributed by atoms with E-state index in [9.17, 15) is 4.79 Å². The Morgan fingerprint density at radius 3 is 2.54 bits per heavy atom. The number of carbonyl (C=O) groups is 1. The van der Waals surface area contributed by atoms with Crippen LogP contribution in [0.5, 0.6) is 0 Å². The highest BCUT2D eigenvalue weighted by Gasteiger charge is 2.10. The van der Waals surface area contributed by atoms with Crippen molar-refractivity contribution in [2.75, 3.05) is 5.32 Å². The monoisotopic (exact) mass is 357 g/mol. The van der Waals surface area contributed by atoms with Crippen LogP contribution in [0, 0.1) is 6.92 Å². The van der Waals surface area contributed by atoms with Gasteiger partial charge in [0.2, 0.25) is 0 Å². The summed E-state index contributed by atoms with van der Waals surface area (Å²) in [5.74, 6) is 0. The van der Waals surface area contributed by atoms with Gasteiger partial charge in [-0.1, -0.05) is 41.9 Å². The highest BCUT2D eigenvalue weighted by atomic mass is 35.5. The van der Waals surface area contributed by atoms with Gasteiger partial charge in [0.1, 0.15) is 5.01 Å². The molecule has 2 N–H and O–H groups in total. The second-order valence-electron chi connectivity index (χ2n) is 5.21. The smallest absolute Gasteiger partial charge is 0.319 e. The van der Waals surface area contributed by atoms with Gasteiger partial charge < -0.3 is 10.6 Å². The molecule has 3 rings (SSSR count). The molecule has 0 aliphatic carbocycles. The lowest BCUT2D eigenvalue weighted by atomic mass is 10.2. The van der Waals surface area contributed by atoms with Crippen molar-refractivity contribution in [3.05, 3.63) is 70.2 Å². The first-order valence-electron chi connectivity index (χ1n) is 7.44. The first-order valence-corrected chi connectivity index (χ1v) is 8.63. The lowest BCUT2D eigenvalue weighted by Gasteiger charge is -2.07. The maximum atomic E-state index is 12.0. The van der Waals surface area contributed by atoms with Crippen LogP contribution in [0.2, 0.25) is 5.02 Å². The Bertz CT molecular complexity index is 831. The minimum Gasteiger partial charge on any atom is -0.333 e. The molecule has 0 saturated heterocycles. The van der Waals surface area contributed by atoms with E-state index in [0.29, 0.717) is 17.3 Å².